The van der Waals surface area contributed by atoms with Gasteiger partial charge in [-0.1, -0.05) is 12.1 Å². The number of aromatic nitrogens is 3. The number of nitrogens with zero attached hydrogens (tertiary/aromatic N) is 4. The zero-order valence-corrected chi connectivity index (χ0v) is 13.4. The van der Waals surface area contributed by atoms with Crippen LogP contribution in [-0.4, -0.2) is 40.8 Å². The average molecular weight is 319 g/mol. The number of anilines is 1. The minimum absolute atomic E-state index is 0.174. The molecule has 1 aliphatic heterocycles. The predicted molar refractivity (Wildman–Crippen MR) is 91.7 cm³/mol. The minimum Gasteiger partial charge on any atom is -0.375 e. The first-order valence-corrected chi connectivity index (χ1v) is 7.95. The number of benzene rings is 1. The molecule has 1 fully saturated rings. The van der Waals surface area contributed by atoms with Crippen molar-refractivity contribution in [2.24, 2.45) is 0 Å². The molecule has 3 heterocycles. The van der Waals surface area contributed by atoms with Crippen LogP contribution in [0.2, 0.25) is 0 Å². The smallest absolute Gasteiger partial charge is 0.143 e. The van der Waals surface area contributed by atoms with Crippen LogP contribution in [0, 0.1) is 11.3 Å². The van der Waals surface area contributed by atoms with Gasteiger partial charge in [-0.3, -0.25) is 0 Å². The number of hydrogen-bond acceptors (Lipinski definition) is 5. The number of nitriles is 1. The number of nitrogens with one attached hydrogen (secondary N) is 1. The Balaban J connectivity index is 1.87. The van der Waals surface area contributed by atoms with E-state index in [1.54, 1.807) is 12.4 Å². The van der Waals surface area contributed by atoms with Crippen molar-refractivity contribution in [2.75, 3.05) is 24.6 Å². The molecule has 1 aromatic carbocycles. The molecule has 1 saturated heterocycles. The third-order valence-corrected chi connectivity index (χ3v) is 4.29. The molecule has 4 rings (SSSR count). The Bertz CT molecular complexity index is 927. The molecule has 3 aromatic rings. The standard InChI is InChI=1S/C18H17N5O/c1-12-10-23(5-6-24-12)18-16-15(9-20-17(16)21-11-22-18)14-4-2-3-13(7-14)8-19/h2-4,7,9,11-12H,5-6,10H2,1H3,(H,20,21,22). The molecular weight excluding hydrogens is 302 g/mol. The van der Waals surface area contributed by atoms with Gasteiger partial charge in [-0.15, -0.1) is 0 Å². The molecule has 1 atom stereocenters. The highest BCUT2D eigenvalue weighted by molar-refractivity contribution is 6.01. The molecule has 1 N–H and O–H groups in total. The second kappa shape index (κ2) is 5.95. The van der Waals surface area contributed by atoms with Gasteiger partial charge < -0.3 is 14.6 Å². The van der Waals surface area contributed by atoms with Crippen LogP contribution in [0.4, 0.5) is 5.82 Å². The minimum atomic E-state index is 0.174. The summed E-state index contributed by atoms with van der Waals surface area (Å²) in [6.07, 6.45) is 3.69. The van der Waals surface area contributed by atoms with E-state index in [0.717, 1.165) is 41.1 Å². The van der Waals surface area contributed by atoms with E-state index in [1.165, 1.54) is 0 Å². The molecule has 1 aliphatic rings. The van der Waals surface area contributed by atoms with Crippen molar-refractivity contribution in [3.63, 3.8) is 0 Å². The van der Waals surface area contributed by atoms with E-state index in [2.05, 4.69) is 32.8 Å². The van der Waals surface area contributed by atoms with Crippen molar-refractivity contribution in [3.05, 3.63) is 42.4 Å². The summed E-state index contributed by atoms with van der Waals surface area (Å²) in [6, 6.07) is 9.79. The van der Waals surface area contributed by atoms with E-state index in [1.807, 2.05) is 24.4 Å². The Kier molecular flexibility index (Phi) is 3.63. The molecular formula is C18H17N5O. The van der Waals surface area contributed by atoms with E-state index in [4.69, 9.17) is 10.00 Å². The first-order chi connectivity index (χ1) is 11.8. The van der Waals surface area contributed by atoms with Gasteiger partial charge in [0.1, 0.15) is 17.8 Å². The van der Waals surface area contributed by atoms with Crippen LogP contribution in [0.1, 0.15) is 12.5 Å². The Labute approximate surface area is 139 Å². The Morgan fingerprint density at radius 3 is 3.12 bits per heavy atom. The highest BCUT2D eigenvalue weighted by atomic mass is 16.5. The fourth-order valence-electron chi connectivity index (χ4n) is 3.18. The topological polar surface area (TPSA) is 77.8 Å². The zero-order chi connectivity index (χ0) is 16.5. The summed E-state index contributed by atoms with van der Waals surface area (Å²) in [5.41, 5.74) is 3.44. The van der Waals surface area contributed by atoms with Crippen LogP contribution in [0.25, 0.3) is 22.2 Å². The van der Waals surface area contributed by atoms with E-state index < -0.39 is 0 Å². The van der Waals surface area contributed by atoms with Crippen molar-refractivity contribution in [1.29, 1.82) is 5.26 Å². The summed E-state index contributed by atoms with van der Waals surface area (Å²) < 4.78 is 5.64. The van der Waals surface area contributed by atoms with Gasteiger partial charge in [-0.25, -0.2) is 9.97 Å². The van der Waals surface area contributed by atoms with Crippen LogP contribution in [0.5, 0.6) is 0 Å². The third kappa shape index (κ3) is 2.49. The molecule has 0 bridgehead atoms. The van der Waals surface area contributed by atoms with Crippen molar-refractivity contribution >= 4 is 16.9 Å². The molecule has 1 unspecified atom stereocenters. The normalized spacial score (nSPS) is 17.8. The van der Waals surface area contributed by atoms with Crippen LogP contribution in [-0.2, 0) is 4.74 Å². The molecule has 0 aliphatic carbocycles. The number of fused-ring (bicyclic) bond motifs is 1. The average Bonchev–Trinajstić information content (AvgIpc) is 3.06. The Hall–Kier alpha value is -2.91. The summed E-state index contributed by atoms with van der Waals surface area (Å²) in [5, 5.41) is 10.1. The van der Waals surface area contributed by atoms with Crippen LogP contribution in [0.3, 0.4) is 0 Å². The highest BCUT2D eigenvalue weighted by Crippen LogP contribution is 2.34. The Morgan fingerprint density at radius 1 is 1.38 bits per heavy atom. The van der Waals surface area contributed by atoms with Crippen LogP contribution >= 0.6 is 0 Å². The van der Waals surface area contributed by atoms with E-state index in [0.29, 0.717) is 12.2 Å². The van der Waals surface area contributed by atoms with Gasteiger partial charge in [0.2, 0.25) is 0 Å². The van der Waals surface area contributed by atoms with Crippen LogP contribution < -0.4 is 4.90 Å². The maximum Gasteiger partial charge on any atom is 0.143 e. The summed E-state index contributed by atoms with van der Waals surface area (Å²) in [7, 11) is 0. The number of H-pyrrole nitrogens is 1. The molecule has 6 nitrogen and oxygen atoms in total. The quantitative estimate of drug-likeness (QED) is 0.786. The second-order valence-corrected chi connectivity index (χ2v) is 5.94. The van der Waals surface area contributed by atoms with E-state index in [-0.39, 0.29) is 6.10 Å². The summed E-state index contributed by atoms with van der Waals surface area (Å²) in [5.74, 6) is 0.911. The maximum absolute atomic E-state index is 9.16. The lowest BCUT2D eigenvalue weighted by atomic mass is 10.0. The molecule has 120 valence electrons. The summed E-state index contributed by atoms with van der Waals surface area (Å²) in [4.78, 5) is 14.4. The number of ether oxygens (including phenoxy) is 1. The lowest BCUT2D eigenvalue weighted by Gasteiger charge is -2.32. The predicted octanol–water partition coefficient (Wildman–Crippen LogP) is 2.72. The van der Waals surface area contributed by atoms with Gasteiger partial charge in [0.25, 0.3) is 0 Å². The largest absolute Gasteiger partial charge is 0.375 e. The van der Waals surface area contributed by atoms with Crippen molar-refractivity contribution < 1.29 is 4.74 Å². The molecule has 0 radical (unpaired) electrons. The fourth-order valence-corrected chi connectivity index (χ4v) is 3.18. The van der Waals surface area contributed by atoms with Crippen molar-refractivity contribution in [2.45, 2.75) is 13.0 Å². The van der Waals surface area contributed by atoms with E-state index in [9.17, 15) is 0 Å². The zero-order valence-electron chi connectivity index (χ0n) is 13.4. The molecule has 0 saturated carbocycles. The monoisotopic (exact) mass is 319 g/mol. The van der Waals surface area contributed by atoms with Gasteiger partial charge >= 0.3 is 0 Å². The molecule has 2 aromatic heterocycles. The van der Waals surface area contributed by atoms with Gasteiger partial charge in [0.05, 0.1) is 29.7 Å². The highest BCUT2D eigenvalue weighted by Gasteiger charge is 2.22. The van der Waals surface area contributed by atoms with Gasteiger partial charge in [-0.05, 0) is 24.6 Å². The second-order valence-electron chi connectivity index (χ2n) is 5.94. The molecule has 24 heavy (non-hydrogen) atoms. The molecule has 6 heteroatoms. The van der Waals surface area contributed by atoms with Gasteiger partial charge in [0.15, 0.2) is 0 Å². The summed E-state index contributed by atoms with van der Waals surface area (Å²) >= 11 is 0. The number of hydrogen-bond donors (Lipinski definition) is 1. The molecule has 0 amide bonds. The maximum atomic E-state index is 9.16. The van der Waals surface area contributed by atoms with Gasteiger partial charge in [0, 0.05) is 24.8 Å². The fraction of sp³-hybridized carbons (Fsp3) is 0.278. The SMILES string of the molecule is CC1CN(c2ncnc3[nH]cc(-c4cccc(C#N)c4)c23)CCO1. The van der Waals surface area contributed by atoms with Crippen LogP contribution in [0.15, 0.2) is 36.8 Å². The van der Waals surface area contributed by atoms with Crippen molar-refractivity contribution in [1.82, 2.24) is 15.0 Å². The van der Waals surface area contributed by atoms with E-state index >= 15 is 0 Å². The number of rotatable bonds is 2. The lowest BCUT2D eigenvalue weighted by molar-refractivity contribution is 0.0530. The first-order valence-electron chi connectivity index (χ1n) is 7.95. The third-order valence-electron chi connectivity index (χ3n) is 4.29. The summed E-state index contributed by atoms with van der Waals surface area (Å²) in [6.45, 7) is 4.36. The molecule has 0 spiro atoms. The number of morpholine rings is 1. The number of aromatic amines is 1. The Morgan fingerprint density at radius 2 is 2.29 bits per heavy atom. The first kappa shape index (κ1) is 14.7. The van der Waals surface area contributed by atoms with Gasteiger partial charge in [-0.2, -0.15) is 5.26 Å². The van der Waals surface area contributed by atoms with Crippen molar-refractivity contribution in [3.8, 4) is 17.2 Å². The lowest BCUT2D eigenvalue weighted by Crippen LogP contribution is -2.41.